The first-order chi connectivity index (χ1) is 18.6. The maximum absolute atomic E-state index is 10.6. The molecule has 40 heavy (non-hydrogen) atoms. The lowest BCUT2D eigenvalue weighted by molar-refractivity contribution is -0.193. The number of halogens is 6. The molecule has 2 aliphatic heterocycles. The second-order valence-corrected chi connectivity index (χ2v) is 9.16. The fraction of sp³-hybridized carbons (Fsp3) is 0.478. The van der Waals surface area contributed by atoms with Gasteiger partial charge >= 0.3 is 24.3 Å². The molecule has 0 saturated carbocycles. The van der Waals surface area contributed by atoms with Gasteiger partial charge in [0, 0.05) is 31.7 Å². The number of carboxylic acids is 2. The van der Waals surface area contributed by atoms with Crippen molar-refractivity contribution in [2.75, 3.05) is 26.7 Å². The summed E-state index contributed by atoms with van der Waals surface area (Å²) in [6, 6.07) is 5.93. The summed E-state index contributed by atoms with van der Waals surface area (Å²) >= 11 is 0. The third-order valence-electron chi connectivity index (χ3n) is 6.18. The minimum Gasteiger partial charge on any atom is -0.475 e. The molecule has 1 fully saturated rings. The van der Waals surface area contributed by atoms with Crippen LogP contribution in [0.3, 0.4) is 0 Å². The van der Waals surface area contributed by atoms with Crippen LogP contribution < -0.4 is 0 Å². The second-order valence-electron chi connectivity index (χ2n) is 9.16. The Morgan fingerprint density at radius 3 is 2.08 bits per heavy atom. The van der Waals surface area contributed by atoms with Crippen molar-refractivity contribution in [3.63, 3.8) is 0 Å². The molecule has 0 aliphatic carbocycles. The Kier molecular flexibility index (Phi) is 9.29. The third-order valence-corrected chi connectivity index (χ3v) is 6.18. The fourth-order valence-electron chi connectivity index (χ4n) is 4.50. The molecule has 1 saturated heterocycles. The number of carbonyl (C=O) groups is 2. The number of fused-ring (bicyclic) bond motifs is 2. The van der Waals surface area contributed by atoms with Gasteiger partial charge in [-0.2, -0.15) is 26.3 Å². The fourth-order valence-corrected chi connectivity index (χ4v) is 4.50. The van der Waals surface area contributed by atoms with E-state index in [0.717, 1.165) is 63.0 Å². The Morgan fingerprint density at radius 2 is 1.60 bits per heavy atom. The molecule has 220 valence electrons. The van der Waals surface area contributed by atoms with Crippen LogP contribution in [0, 0.1) is 0 Å². The van der Waals surface area contributed by atoms with Crippen LogP contribution in [0.15, 0.2) is 45.8 Å². The van der Waals surface area contributed by atoms with Crippen LogP contribution >= 0.6 is 0 Å². The third kappa shape index (κ3) is 7.62. The van der Waals surface area contributed by atoms with E-state index in [9.17, 15) is 26.3 Å². The van der Waals surface area contributed by atoms with E-state index in [4.69, 9.17) is 28.6 Å². The molecule has 17 heteroatoms. The number of likely N-dealkylation sites (N-methyl/N-ethyl adjacent to an activating group) is 1. The molecular formula is C23H25F6N5O6. The molecule has 5 heterocycles. The Bertz CT molecular complexity index is 1220. The highest BCUT2D eigenvalue weighted by molar-refractivity contribution is 5.73. The monoisotopic (exact) mass is 581 g/mol. The van der Waals surface area contributed by atoms with E-state index in [2.05, 4.69) is 31.6 Å². The largest absolute Gasteiger partial charge is 0.490 e. The van der Waals surface area contributed by atoms with E-state index in [1.54, 1.807) is 12.5 Å². The number of furan rings is 2. The van der Waals surface area contributed by atoms with Crippen LogP contribution in [-0.2, 0) is 28.2 Å². The standard InChI is InChI=1S/C19H23N5O2.2C2HF3O2/c1-22-12-17-20-21-18(16-3-2-9-26-16)24(17)19(14-22)5-7-23(8-6-19)11-15-4-10-25-13-15;2*3-2(4,5)1(6)7/h2-4,9-10,13H,5-8,11-12,14H2,1H3;2*(H,6,7). The van der Waals surface area contributed by atoms with Crippen molar-refractivity contribution in [2.24, 2.45) is 0 Å². The van der Waals surface area contributed by atoms with Gasteiger partial charge < -0.3 is 19.0 Å². The normalized spacial score (nSPS) is 17.3. The summed E-state index contributed by atoms with van der Waals surface area (Å²) < 4.78 is 76.7. The van der Waals surface area contributed by atoms with Gasteiger partial charge in [0.05, 0.1) is 30.9 Å². The number of nitrogens with zero attached hydrogens (tertiary/aromatic N) is 5. The van der Waals surface area contributed by atoms with Crippen LogP contribution in [0.25, 0.3) is 11.6 Å². The highest BCUT2D eigenvalue weighted by Crippen LogP contribution is 2.39. The molecule has 11 nitrogen and oxygen atoms in total. The predicted molar refractivity (Wildman–Crippen MR) is 123 cm³/mol. The van der Waals surface area contributed by atoms with Gasteiger partial charge in [-0.25, -0.2) is 9.59 Å². The molecule has 5 rings (SSSR count). The van der Waals surface area contributed by atoms with Crippen LogP contribution in [0.1, 0.15) is 24.2 Å². The first-order valence-electron chi connectivity index (χ1n) is 11.6. The molecule has 0 bridgehead atoms. The maximum atomic E-state index is 10.6. The molecule has 0 aromatic carbocycles. The number of hydrogen-bond donors (Lipinski definition) is 2. The summed E-state index contributed by atoms with van der Waals surface area (Å²) in [6.07, 6.45) is -2.73. The van der Waals surface area contributed by atoms with Crippen molar-refractivity contribution in [1.29, 1.82) is 0 Å². The Morgan fingerprint density at radius 1 is 1.00 bits per heavy atom. The SMILES string of the molecule is CN1Cc2nnc(-c3ccco3)n2C2(CCN(Cc3ccoc3)CC2)C1.O=C(O)C(F)(F)F.O=C(O)C(F)(F)F. The molecule has 1 spiro atoms. The van der Waals surface area contributed by atoms with Crippen molar-refractivity contribution in [1.82, 2.24) is 24.6 Å². The van der Waals surface area contributed by atoms with Gasteiger partial charge in [-0.1, -0.05) is 0 Å². The number of aliphatic carboxylic acids is 2. The van der Waals surface area contributed by atoms with Gasteiger partial charge in [0.25, 0.3) is 0 Å². The molecule has 0 atom stereocenters. The zero-order valence-corrected chi connectivity index (χ0v) is 20.9. The van der Waals surface area contributed by atoms with Crippen molar-refractivity contribution in [3.8, 4) is 11.6 Å². The maximum Gasteiger partial charge on any atom is 0.490 e. The second kappa shape index (κ2) is 12.1. The van der Waals surface area contributed by atoms with Crippen LogP contribution in [0.5, 0.6) is 0 Å². The van der Waals surface area contributed by atoms with E-state index in [1.165, 1.54) is 5.56 Å². The van der Waals surface area contributed by atoms with E-state index in [0.29, 0.717) is 0 Å². The predicted octanol–water partition coefficient (Wildman–Crippen LogP) is 3.83. The van der Waals surface area contributed by atoms with E-state index in [1.807, 2.05) is 24.5 Å². The number of piperidine rings is 1. The average Bonchev–Trinajstić information content (AvgIpc) is 3.62. The summed E-state index contributed by atoms with van der Waals surface area (Å²) in [5.41, 5.74) is 1.27. The summed E-state index contributed by atoms with van der Waals surface area (Å²) in [5, 5.41) is 23.2. The van der Waals surface area contributed by atoms with Gasteiger partial charge in [0.2, 0.25) is 0 Å². The van der Waals surface area contributed by atoms with Crippen LogP contribution in [-0.4, -0.2) is 85.8 Å². The quantitative estimate of drug-likeness (QED) is 0.439. The van der Waals surface area contributed by atoms with E-state index in [-0.39, 0.29) is 5.54 Å². The van der Waals surface area contributed by atoms with Gasteiger partial charge in [-0.05, 0) is 38.1 Å². The highest BCUT2D eigenvalue weighted by atomic mass is 19.4. The molecule has 3 aromatic heterocycles. The van der Waals surface area contributed by atoms with Crippen LogP contribution in [0.4, 0.5) is 26.3 Å². The lowest BCUT2D eigenvalue weighted by Crippen LogP contribution is -2.55. The topological polar surface area (TPSA) is 138 Å². The summed E-state index contributed by atoms with van der Waals surface area (Å²) in [5.74, 6) is -2.82. The lowest BCUT2D eigenvalue weighted by atomic mass is 9.84. The van der Waals surface area contributed by atoms with Gasteiger partial charge in [0.15, 0.2) is 11.6 Å². The molecule has 0 unspecified atom stereocenters. The lowest BCUT2D eigenvalue weighted by Gasteiger charge is -2.48. The zero-order valence-electron chi connectivity index (χ0n) is 20.9. The van der Waals surface area contributed by atoms with Gasteiger partial charge in [0.1, 0.15) is 5.82 Å². The smallest absolute Gasteiger partial charge is 0.475 e. The summed E-state index contributed by atoms with van der Waals surface area (Å²) in [4.78, 5) is 22.7. The first-order valence-corrected chi connectivity index (χ1v) is 11.6. The molecule has 2 N–H and O–H groups in total. The number of likely N-dealkylation sites (tertiary alicyclic amines) is 1. The van der Waals surface area contributed by atoms with E-state index >= 15 is 0 Å². The molecule has 0 amide bonds. The number of aromatic nitrogens is 3. The van der Waals surface area contributed by atoms with Gasteiger partial charge in [-0.15, -0.1) is 10.2 Å². The van der Waals surface area contributed by atoms with Crippen molar-refractivity contribution in [2.45, 2.75) is 43.8 Å². The number of hydrogen-bond acceptors (Lipinski definition) is 8. The van der Waals surface area contributed by atoms with Gasteiger partial charge in [-0.3, -0.25) is 14.4 Å². The molecule has 0 radical (unpaired) electrons. The molecular weight excluding hydrogens is 556 g/mol. The zero-order chi connectivity index (χ0) is 29.7. The summed E-state index contributed by atoms with van der Waals surface area (Å²) in [7, 11) is 2.17. The number of alkyl halides is 6. The number of rotatable bonds is 3. The minimum absolute atomic E-state index is 0.0286. The van der Waals surface area contributed by atoms with Crippen molar-refractivity contribution < 1.29 is 55.0 Å². The van der Waals surface area contributed by atoms with Crippen molar-refractivity contribution >= 4 is 11.9 Å². The Labute approximate surface area is 222 Å². The first kappa shape index (κ1) is 30.7. The minimum atomic E-state index is -5.08. The Hall–Kier alpha value is -3.86. The van der Waals surface area contributed by atoms with E-state index < -0.39 is 24.3 Å². The molecule has 2 aliphatic rings. The highest BCUT2D eigenvalue weighted by Gasteiger charge is 2.44. The Balaban J connectivity index is 0.000000263. The van der Waals surface area contributed by atoms with Crippen LogP contribution in [0.2, 0.25) is 0 Å². The summed E-state index contributed by atoms with van der Waals surface area (Å²) in [6.45, 7) is 4.89. The average molecular weight is 581 g/mol. The molecule has 3 aromatic rings. The van der Waals surface area contributed by atoms with Crippen molar-refractivity contribution in [3.05, 3.63) is 48.4 Å². The number of carboxylic acid groups (broad SMARTS) is 2.